The Morgan fingerprint density at radius 1 is 1.47 bits per heavy atom. The average Bonchev–Trinajstić information content (AvgIpc) is 2.24. The summed E-state index contributed by atoms with van der Waals surface area (Å²) in [5.74, 6) is -0.255. The first kappa shape index (κ1) is 13.7. The predicted octanol–water partition coefficient (Wildman–Crippen LogP) is 4.14. The van der Waals surface area contributed by atoms with Crippen molar-refractivity contribution >= 4 is 17.3 Å². The van der Waals surface area contributed by atoms with Crippen molar-refractivity contribution in [2.45, 2.75) is 13.3 Å². The smallest absolute Gasteiger partial charge is 0.406 e. The Morgan fingerprint density at radius 2 is 2.18 bits per heavy atom. The van der Waals surface area contributed by atoms with Crippen LogP contribution in [-0.2, 0) is 0 Å². The van der Waals surface area contributed by atoms with Crippen LogP contribution in [-0.4, -0.2) is 12.9 Å². The van der Waals surface area contributed by atoms with Gasteiger partial charge in [0, 0.05) is 23.8 Å². The summed E-state index contributed by atoms with van der Waals surface area (Å²) in [7, 11) is 0. The van der Waals surface area contributed by atoms with Crippen LogP contribution in [0, 0.1) is 0 Å². The van der Waals surface area contributed by atoms with E-state index in [1.807, 2.05) is 0 Å². The van der Waals surface area contributed by atoms with E-state index < -0.39 is 6.36 Å². The van der Waals surface area contributed by atoms with E-state index in [0.717, 1.165) is 5.57 Å². The van der Waals surface area contributed by atoms with Crippen molar-refractivity contribution in [1.29, 1.82) is 0 Å². The molecule has 0 unspecified atom stereocenters. The van der Waals surface area contributed by atoms with Crippen molar-refractivity contribution < 1.29 is 17.9 Å². The molecule has 0 aromatic heterocycles. The molecule has 17 heavy (non-hydrogen) atoms. The van der Waals surface area contributed by atoms with Crippen LogP contribution in [0.25, 0.3) is 0 Å². The third kappa shape index (κ3) is 5.49. The van der Waals surface area contributed by atoms with Gasteiger partial charge in [-0.25, -0.2) is 0 Å². The predicted molar refractivity (Wildman–Crippen MR) is 61.2 cm³/mol. The van der Waals surface area contributed by atoms with Gasteiger partial charge in [0.2, 0.25) is 0 Å². The van der Waals surface area contributed by atoms with Crippen molar-refractivity contribution in [3.63, 3.8) is 0 Å². The van der Waals surface area contributed by atoms with Gasteiger partial charge in [-0.2, -0.15) is 0 Å². The molecule has 0 aliphatic carbocycles. The second kappa shape index (κ2) is 5.82. The summed E-state index contributed by atoms with van der Waals surface area (Å²) < 4.78 is 39.7. The molecule has 0 saturated heterocycles. The van der Waals surface area contributed by atoms with Gasteiger partial charge in [-0.15, -0.1) is 13.2 Å². The van der Waals surface area contributed by atoms with E-state index >= 15 is 0 Å². The van der Waals surface area contributed by atoms with Crippen LogP contribution >= 0.6 is 11.6 Å². The molecule has 1 N–H and O–H groups in total. The molecular weight excluding hydrogens is 255 g/mol. The van der Waals surface area contributed by atoms with Crippen molar-refractivity contribution in [3.05, 3.63) is 35.4 Å². The summed E-state index contributed by atoms with van der Waals surface area (Å²) >= 11 is 5.46. The van der Waals surface area contributed by atoms with Crippen molar-refractivity contribution in [2.24, 2.45) is 0 Å². The number of hydrogen-bond donors (Lipinski definition) is 1. The third-order valence-corrected chi connectivity index (χ3v) is 2.20. The maximum absolute atomic E-state index is 12.0. The summed E-state index contributed by atoms with van der Waals surface area (Å²) in [6.07, 6.45) is -4.68. The van der Waals surface area contributed by atoms with E-state index in [-0.39, 0.29) is 5.75 Å². The summed E-state index contributed by atoms with van der Waals surface area (Å²) in [4.78, 5) is 0. The van der Waals surface area contributed by atoms with Gasteiger partial charge in [0.25, 0.3) is 0 Å². The van der Waals surface area contributed by atoms with Crippen LogP contribution < -0.4 is 10.1 Å². The second-order valence-electron chi connectivity index (χ2n) is 3.38. The summed E-state index contributed by atoms with van der Waals surface area (Å²) in [6.45, 7) is 2.26. The molecule has 2 nitrogen and oxygen atoms in total. The van der Waals surface area contributed by atoms with Crippen LogP contribution in [0.2, 0.25) is 0 Å². The van der Waals surface area contributed by atoms with E-state index in [4.69, 9.17) is 11.6 Å². The Hall–Kier alpha value is -1.36. The van der Waals surface area contributed by atoms with E-state index in [2.05, 4.69) is 10.1 Å². The molecule has 0 amide bonds. The Balaban J connectivity index is 2.66. The molecule has 0 heterocycles. The Labute approximate surface area is 102 Å². The molecule has 6 heteroatoms. The minimum atomic E-state index is -4.68. The SMILES string of the molecule is C/C(=C/Cl)CNc1cccc(OC(F)(F)F)c1. The van der Waals surface area contributed by atoms with E-state index in [1.54, 1.807) is 13.0 Å². The number of benzene rings is 1. The fraction of sp³-hybridized carbons (Fsp3) is 0.273. The molecule has 94 valence electrons. The highest BCUT2D eigenvalue weighted by Gasteiger charge is 2.31. The maximum Gasteiger partial charge on any atom is 0.573 e. The molecule has 0 aliphatic rings. The molecule has 1 aromatic carbocycles. The first-order valence-corrected chi connectivity index (χ1v) is 5.20. The molecule has 0 saturated carbocycles. The number of halogens is 4. The lowest BCUT2D eigenvalue weighted by atomic mass is 10.3. The molecule has 1 rings (SSSR count). The molecule has 0 spiro atoms. The fourth-order valence-corrected chi connectivity index (χ4v) is 1.16. The van der Waals surface area contributed by atoms with E-state index in [9.17, 15) is 13.2 Å². The Kier molecular flexibility index (Phi) is 4.69. The minimum absolute atomic E-state index is 0.255. The standard InChI is InChI=1S/C11H11ClF3NO/c1-8(6-12)7-16-9-3-2-4-10(5-9)17-11(13,14)15/h2-6,16H,7H2,1H3/b8-6-. The topological polar surface area (TPSA) is 21.3 Å². The second-order valence-corrected chi connectivity index (χ2v) is 3.60. The highest BCUT2D eigenvalue weighted by Crippen LogP contribution is 2.25. The first-order chi connectivity index (χ1) is 7.90. The van der Waals surface area contributed by atoms with Crippen molar-refractivity contribution in [2.75, 3.05) is 11.9 Å². The van der Waals surface area contributed by atoms with Crippen LogP contribution in [0.15, 0.2) is 35.4 Å². The number of alkyl halides is 3. The highest BCUT2D eigenvalue weighted by molar-refractivity contribution is 6.25. The van der Waals surface area contributed by atoms with Gasteiger partial charge in [-0.05, 0) is 24.6 Å². The first-order valence-electron chi connectivity index (χ1n) is 4.76. The molecule has 0 bridgehead atoms. The molecule has 0 atom stereocenters. The lowest BCUT2D eigenvalue weighted by Gasteiger charge is -2.11. The van der Waals surface area contributed by atoms with Gasteiger partial charge in [0.05, 0.1) is 0 Å². The zero-order chi connectivity index (χ0) is 12.9. The maximum atomic E-state index is 12.0. The average molecular weight is 266 g/mol. The minimum Gasteiger partial charge on any atom is -0.406 e. The lowest BCUT2D eigenvalue weighted by Crippen LogP contribution is -2.17. The highest BCUT2D eigenvalue weighted by atomic mass is 35.5. The number of rotatable bonds is 4. The van der Waals surface area contributed by atoms with Crippen molar-refractivity contribution in [3.8, 4) is 5.75 Å². The summed E-state index contributed by atoms with van der Waals surface area (Å²) in [5, 5.41) is 2.92. The van der Waals surface area contributed by atoms with Gasteiger partial charge in [-0.3, -0.25) is 0 Å². The lowest BCUT2D eigenvalue weighted by molar-refractivity contribution is -0.274. The van der Waals surface area contributed by atoms with Crippen LogP contribution in [0.5, 0.6) is 5.75 Å². The summed E-state index contributed by atoms with van der Waals surface area (Å²) in [5.41, 5.74) is 2.81. The Morgan fingerprint density at radius 3 is 2.76 bits per heavy atom. The van der Waals surface area contributed by atoms with Gasteiger partial charge >= 0.3 is 6.36 Å². The molecule has 0 fully saturated rings. The zero-order valence-corrected chi connectivity index (χ0v) is 9.77. The van der Waals surface area contributed by atoms with E-state index in [0.29, 0.717) is 12.2 Å². The molecule has 0 aliphatic heterocycles. The third-order valence-electron chi connectivity index (χ3n) is 1.83. The number of anilines is 1. The van der Waals surface area contributed by atoms with E-state index in [1.165, 1.54) is 23.7 Å². The number of nitrogens with one attached hydrogen (secondary N) is 1. The fourth-order valence-electron chi connectivity index (χ4n) is 1.08. The number of ether oxygens (including phenoxy) is 1. The largest absolute Gasteiger partial charge is 0.573 e. The van der Waals surface area contributed by atoms with Gasteiger partial charge < -0.3 is 10.1 Å². The van der Waals surface area contributed by atoms with Crippen LogP contribution in [0.4, 0.5) is 18.9 Å². The van der Waals surface area contributed by atoms with Gasteiger partial charge in [0.15, 0.2) is 0 Å². The Bertz CT molecular complexity index is 404. The molecule has 0 radical (unpaired) electrons. The number of hydrogen-bond acceptors (Lipinski definition) is 2. The van der Waals surface area contributed by atoms with Crippen LogP contribution in [0.1, 0.15) is 6.92 Å². The van der Waals surface area contributed by atoms with Crippen LogP contribution in [0.3, 0.4) is 0 Å². The normalized spacial score (nSPS) is 12.4. The molecule has 1 aromatic rings. The monoisotopic (exact) mass is 265 g/mol. The summed E-state index contributed by atoms with van der Waals surface area (Å²) in [6, 6.07) is 5.63. The van der Waals surface area contributed by atoms with Gasteiger partial charge in [0.1, 0.15) is 5.75 Å². The zero-order valence-electron chi connectivity index (χ0n) is 9.01. The molecular formula is C11H11ClF3NO. The quantitative estimate of drug-likeness (QED) is 0.883. The van der Waals surface area contributed by atoms with Crippen molar-refractivity contribution in [1.82, 2.24) is 0 Å². The van der Waals surface area contributed by atoms with Gasteiger partial charge in [-0.1, -0.05) is 17.7 Å².